The van der Waals surface area contributed by atoms with Crippen molar-refractivity contribution in [2.75, 3.05) is 12.4 Å². The SMILES string of the molecule is COc1ccc(Cn2c(=O)ccc3c(NC(=O)C45CC(C)CC(CC(C)C4)C5)cccc32)cc1. The maximum absolute atomic E-state index is 13.7. The van der Waals surface area contributed by atoms with Crippen molar-refractivity contribution in [3.8, 4) is 5.75 Å². The Morgan fingerprint density at radius 3 is 2.38 bits per heavy atom. The van der Waals surface area contributed by atoms with Crippen molar-refractivity contribution in [2.45, 2.75) is 52.5 Å². The topological polar surface area (TPSA) is 60.3 Å². The Morgan fingerprint density at radius 2 is 1.71 bits per heavy atom. The molecule has 0 saturated heterocycles. The fourth-order valence-corrected chi connectivity index (χ4v) is 6.75. The molecule has 5 nitrogen and oxygen atoms in total. The summed E-state index contributed by atoms with van der Waals surface area (Å²) in [6.07, 6.45) is 5.41. The first-order valence-electron chi connectivity index (χ1n) is 12.4. The van der Waals surface area contributed by atoms with Gasteiger partial charge in [0.25, 0.3) is 5.56 Å². The molecule has 0 spiro atoms. The van der Waals surface area contributed by atoms with Crippen LogP contribution in [0, 0.1) is 23.2 Å². The van der Waals surface area contributed by atoms with E-state index >= 15 is 0 Å². The van der Waals surface area contributed by atoms with Crippen molar-refractivity contribution in [3.63, 3.8) is 0 Å². The van der Waals surface area contributed by atoms with Gasteiger partial charge in [-0.3, -0.25) is 9.59 Å². The van der Waals surface area contributed by atoms with E-state index in [4.69, 9.17) is 4.74 Å². The Bertz CT molecular complexity index is 1240. The molecule has 2 fully saturated rings. The highest BCUT2D eigenvalue weighted by atomic mass is 16.5. The maximum Gasteiger partial charge on any atom is 0.251 e. The summed E-state index contributed by atoms with van der Waals surface area (Å²) in [5.41, 5.74) is 2.29. The number of rotatable bonds is 5. The summed E-state index contributed by atoms with van der Waals surface area (Å²) < 4.78 is 7.02. The van der Waals surface area contributed by atoms with Crippen LogP contribution < -0.4 is 15.6 Å². The van der Waals surface area contributed by atoms with Crippen LogP contribution in [0.5, 0.6) is 5.75 Å². The summed E-state index contributed by atoms with van der Waals surface area (Å²) in [4.78, 5) is 26.6. The predicted molar refractivity (Wildman–Crippen MR) is 136 cm³/mol. The average molecular weight is 459 g/mol. The lowest BCUT2D eigenvalue weighted by atomic mass is 9.56. The van der Waals surface area contributed by atoms with E-state index in [1.165, 1.54) is 12.8 Å². The molecule has 178 valence electrons. The highest BCUT2D eigenvalue weighted by molar-refractivity contribution is 6.03. The lowest BCUT2D eigenvalue weighted by Gasteiger charge is -2.48. The van der Waals surface area contributed by atoms with Crippen LogP contribution in [0.15, 0.2) is 59.4 Å². The molecular formula is C29H34N2O3. The number of hydrogen-bond donors (Lipinski definition) is 1. The number of carbonyl (C=O) groups is 1. The lowest BCUT2D eigenvalue weighted by molar-refractivity contribution is -0.133. The van der Waals surface area contributed by atoms with E-state index in [0.717, 1.165) is 47.2 Å². The number of nitrogens with one attached hydrogen (secondary N) is 1. The molecule has 1 N–H and O–H groups in total. The minimum absolute atomic E-state index is 0.0598. The van der Waals surface area contributed by atoms with Crippen LogP contribution in [-0.4, -0.2) is 17.6 Å². The van der Waals surface area contributed by atoms with Gasteiger partial charge in [0.15, 0.2) is 0 Å². The maximum atomic E-state index is 13.7. The van der Waals surface area contributed by atoms with E-state index < -0.39 is 0 Å². The molecule has 2 unspecified atom stereocenters. The Morgan fingerprint density at radius 1 is 1.00 bits per heavy atom. The van der Waals surface area contributed by atoms with Gasteiger partial charge in [0.2, 0.25) is 5.91 Å². The highest BCUT2D eigenvalue weighted by Gasteiger charge is 2.49. The standard InChI is InChI=1S/C29H34N2O3/c1-19-13-22-14-20(2)16-29(15-19,17-22)28(33)30-25-5-4-6-26-24(25)11-12-27(32)31(26)18-21-7-9-23(34-3)10-8-21/h4-12,19-20,22H,13-18H2,1-3H3,(H,30,33). The number of benzene rings is 2. The predicted octanol–water partition coefficient (Wildman–Crippen LogP) is 5.85. The molecule has 3 aromatic rings. The summed E-state index contributed by atoms with van der Waals surface area (Å²) in [5.74, 6) is 2.75. The van der Waals surface area contributed by atoms with E-state index in [1.54, 1.807) is 17.7 Å². The van der Waals surface area contributed by atoms with Crippen molar-refractivity contribution in [2.24, 2.45) is 23.2 Å². The number of fused-ring (bicyclic) bond motifs is 3. The zero-order chi connectivity index (χ0) is 23.9. The van der Waals surface area contributed by atoms with Gasteiger partial charge in [-0.05, 0) is 85.8 Å². The smallest absolute Gasteiger partial charge is 0.251 e. The Labute approximate surface area is 201 Å². The number of carbonyl (C=O) groups excluding carboxylic acids is 1. The molecule has 2 aliphatic carbocycles. The number of methoxy groups -OCH3 is 1. The zero-order valence-corrected chi connectivity index (χ0v) is 20.3. The summed E-state index contributed by atoms with van der Waals surface area (Å²) in [7, 11) is 1.64. The average Bonchev–Trinajstić information content (AvgIpc) is 2.80. The molecule has 2 aromatic carbocycles. The van der Waals surface area contributed by atoms with E-state index in [-0.39, 0.29) is 16.9 Å². The third-order valence-electron chi connectivity index (χ3n) is 7.89. The van der Waals surface area contributed by atoms with E-state index in [1.807, 2.05) is 48.5 Å². The van der Waals surface area contributed by atoms with Crippen molar-refractivity contribution >= 4 is 22.5 Å². The summed E-state index contributed by atoms with van der Waals surface area (Å²) in [6.45, 7) is 5.04. The van der Waals surface area contributed by atoms with E-state index in [0.29, 0.717) is 24.3 Å². The van der Waals surface area contributed by atoms with Gasteiger partial charge >= 0.3 is 0 Å². The summed E-state index contributed by atoms with van der Waals surface area (Å²) in [6, 6.07) is 17.0. The number of amides is 1. The molecule has 5 rings (SSSR count). The van der Waals surface area contributed by atoms with Crippen LogP contribution in [0.3, 0.4) is 0 Å². The Kier molecular flexibility index (Phi) is 5.97. The number of hydrogen-bond acceptors (Lipinski definition) is 3. The minimum Gasteiger partial charge on any atom is -0.497 e. The normalized spacial score (nSPS) is 26.3. The van der Waals surface area contributed by atoms with Gasteiger partial charge in [0.05, 0.1) is 30.3 Å². The fraction of sp³-hybridized carbons (Fsp3) is 0.448. The second kappa shape index (κ2) is 8.94. The molecule has 1 aromatic heterocycles. The van der Waals surface area contributed by atoms with Crippen molar-refractivity contribution in [3.05, 3.63) is 70.5 Å². The van der Waals surface area contributed by atoms with Crippen LogP contribution in [-0.2, 0) is 11.3 Å². The molecule has 2 saturated carbocycles. The van der Waals surface area contributed by atoms with Gasteiger partial charge in [-0.25, -0.2) is 0 Å². The number of ether oxygens (including phenoxy) is 1. The van der Waals surface area contributed by atoms with Crippen molar-refractivity contribution < 1.29 is 9.53 Å². The zero-order valence-electron chi connectivity index (χ0n) is 20.3. The molecule has 1 heterocycles. The largest absolute Gasteiger partial charge is 0.497 e. The highest BCUT2D eigenvalue weighted by Crippen LogP contribution is 2.53. The van der Waals surface area contributed by atoms with Gasteiger partial charge in [0.1, 0.15) is 5.75 Å². The lowest BCUT2D eigenvalue weighted by Crippen LogP contribution is -2.47. The monoisotopic (exact) mass is 458 g/mol. The van der Waals surface area contributed by atoms with Crippen molar-refractivity contribution in [1.82, 2.24) is 4.57 Å². The molecular weight excluding hydrogens is 424 g/mol. The second-order valence-electron chi connectivity index (χ2n) is 10.7. The summed E-state index contributed by atoms with van der Waals surface area (Å²) in [5, 5.41) is 4.19. The van der Waals surface area contributed by atoms with Gasteiger partial charge in [0, 0.05) is 11.5 Å². The summed E-state index contributed by atoms with van der Waals surface area (Å²) >= 11 is 0. The fourth-order valence-electron chi connectivity index (χ4n) is 6.75. The Hall–Kier alpha value is -3.08. The van der Waals surface area contributed by atoms with E-state index in [2.05, 4.69) is 19.2 Å². The van der Waals surface area contributed by atoms with Gasteiger partial charge < -0.3 is 14.6 Å². The van der Waals surface area contributed by atoms with Crippen molar-refractivity contribution in [1.29, 1.82) is 0 Å². The first kappa shape index (κ1) is 22.7. The molecule has 2 bridgehead atoms. The molecule has 34 heavy (non-hydrogen) atoms. The first-order chi connectivity index (χ1) is 16.4. The molecule has 1 amide bonds. The number of pyridine rings is 1. The van der Waals surface area contributed by atoms with Gasteiger partial charge in [-0.15, -0.1) is 0 Å². The van der Waals surface area contributed by atoms with Crippen LogP contribution in [0.4, 0.5) is 5.69 Å². The number of anilines is 1. The van der Waals surface area contributed by atoms with Gasteiger partial charge in [-0.1, -0.05) is 32.0 Å². The van der Waals surface area contributed by atoms with Crippen LogP contribution in [0.2, 0.25) is 0 Å². The van der Waals surface area contributed by atoms with Crippen LogP contribution in [0.1, 0.15) is 51.5 Å². The number of nitrogens with zero attached hydrogens (tertiary/aromatic N) is 1. The van der Waals surface area contributed by atoms with Crippen LogP contribution >= 0.6 is 0 Å². The van der Waals surface area contributed by atoms with E-state index in [9.17, 15) is 9.59 Å². The van der Waals surface area contributed by atoms with Crippen LogP contribution in [0.25, 0.3) is 10.9 Å². The number of aromatic nitrogens is 1. The minimum atomic E-state index is -0.278. The second-order valence-corrected chi connectivity index (χ2v) is 10.7. The molecule has 0 radical (unpaired) electrons. The molecule has 5 heteroatoms. The first-order valence-corrected chi connectivity index (χ1v) is 12.4. The third kappa shape index (κ3) is 4.24. The third-order valence-corrected chi connectivity index (χ3v) is 7.89. The quantitative estimate of drug-likeness (QED) is 0.522. The van der Waals surface area contributed by atoms with Gasteiger partial charge in [-0.2, -0.15) is 0 Å². The molecule has 2 atom stereocenters. The Balaban J connectivity index is 1.47. The molecule has 2 aliphatic rings. The molecule has 0 aliphatic heterocycles.